The van der Waals surface area contributed by atoms with Crippen LogP contribution in [0.4, 0.5) is 0 Å². The summed E-state index contributed by atoms with van der Waals surface area (Å²) in [6, 6.07) is 0. The van der Waals surface area contributed by atoms with E-state index in [0.717, 1.165) is 22.5 Å². The fourth-order valence-electron chi connectivity index (χ4n) is 1.95. The number of nitrogens with zero attached hydrogens (tertiary/aromatic N) is 1. The van der Waals surface area contributed by atoms with Gasteiger partial charge in [-0.3, -0.25) is 0 Å². The second kappa shape index (κ2) is 5.02. The molecule has 0 N–H and O–H groups in total. The Morgan fingerprint density at radius 1 is 1.36 bits per heavy atom. The third-order valence-electron chi connectivity index (χ3n) is 2.92. The van der Waals surface area contributed by atoms with E-state index in [9.17, 15) is 4.91 Å². The van der Waals surface area contributed by atoms with Gasteiger partial charge >= 0.3 is 89.9 Å². The van der Waals surface area contributed by atoms with E-state index in [0.29, 0.717) is 0 Å². The molecule has 0 heterocycles. The normalized spacial score (nSPS) is 17.6. The number of allylic oxidation sites excluding steroid dienone is 4. The van der Waals surface area contributed by atoms with E-state index in [1.54, 1.807) is 0 Å². The van der Waals surface area contributed by atoms with E-state index >= 15 is 0 Å². The molecule has 1 rings (SSSR count). The fourth-order valence-corrected chi connectivity index (χ4v) is 11.0. The molecule has 0 aromatic rings. The van der Waals surface area contributed by atoms with E-state index in [4.69, 9.17) is 0 Å². The molecule has 0 amide bonds. The van der Waals surface area contributed by atoms with Gasteiger partial charge in [-0.1, -0.05) is 0 Å². The van der Waals surface area contributed by atoms with Crippen LogP contribution in [0, 0.1) is 4.91 Å². The molecule has 0 aromatic heterocycles. The van der Waals surface area contributed by atoms with Crippen molar-refractivity contribution in [1.82, 2.24) is 0 Å². The molecule has 3 heteroatoms. The quantitative estimate of drug-likeness (QED) is 0.668. The molecule has 0 bridgehead atoms. The summed E-state index contributed by atoms with van der Waals surface area (Å²) in [7, 11) is 0. The molecule has 2 nitrogen and oxygen atoms in total. The topological polar surface area (TPSA) is 29.4 Å². The van der Waals surface area contributed by atoms with Crippen molar-refractivity contribution in [2.75, 3.05) is 0 Å². The molecule has 80 valence electrons. The Kier molecular flexibility index (Phi) is 4.25. The van der Waals surface area contributed by atoms with Crippen molar-refractivity contribution in [3.8, 4) is 0 Å². The molecule has 0 saturated carbocycles. The minimum absolute atomic E-state index is 1.01. The molecule has 0 unspecified atom stereocenters. The molecule has 0 spiro atoms. The first-order valence-electron chi connectivity index (χ1n) is 5.26. The number of rotatable bonds is 5. The van der Waals surface area contributed by atoms with Gasteiger partial charge in [0.2, 0.25) is 0 Å². The monoisotopic (exact) mass is 365 g/mol. The van der Waals surface area contributed by atoms with Crippen molar-refractivity contribution in [3.63, 3.8) is 0 Å². The summed E-state index contributed by atoms with van der Waals surface area (Å²) in [6.07, 6.45) is 6.44. The summed E-state index contributed by atoms with van der Waals surface area (Å²) in [5.74, 6) is 0. The van der Waals surface area contributed by atoms with Gasteiger partial charge < -0.3 is 0 Å². The summed E-state index contributed by atoms with van der Waals surface area (Å²) in [4.78, 5) is 13.2. The Labute approximate surface area is 89.9 Å². The average Bonchev–Trinajstić information content (AvgIpc) is 2.70. The van der Waals surface area contributed by atoms with E-state index in [2.05, 4.69) is 36.7 Å². The maximum atomic E-state index is 11.1. The van der Waals surface area contributed by atoms with Gasteiger partial charge in [0.15, 0.2) is 0 Å². The van der Waals surface area contributed by atoms with Crippen LogP contribution in [0.25, 0.3) is 0 Å². The molecule has 1 aliphatic carbocycles. The number of nitroso groups, excluding NO2 is 1. The SMILES string of the molecule is CCC1=[C]([W]([CH2]C)([CH2]C)[N]=O)CC=C1. The van der Waals surface area contributed by atoms with Crippen molar-refractivity contribution in [2.45, 2.75) is 43.2 Å². The van der Waals surface area contributed by atoms with E-state index in [1.807, 2.05) is 0 Å². The third kappa shape index (κ3) is 1.90. The predicted octanol–water partition coefficient (Wildman–Crippen LogP) is 4.32. The molecule has 0 atom stereocenters. The van der Waals surface area contributed by atoms with Crippen LogP contribution in [-0.4, -0.2) is 0 Å². The van der Waals surface area contributed by atoms with Crippen LogP contribution >= 0.6 is 0 Å². The molecule has 0 radical (unpaired) electrons. The molecular weight excluding hydrogens is 346 g/mol. The van der Waals surface area contributed by atoms with Crippen molar-refractivity contribution in [2.24, 2.45) is 3.74 Å². The summed E-state index contributed by atoms with van der Waals surface area (Å²) >= 11 is -2.75. The Bertz CT molecular complexity index is 277. The van der Waals surface area contributed by atoms with Gasteiger partial charge in [0.1, 0.15) is 0 Å². The van der Waals surface area contributed by atoms with Gasteiger partial charge in [0, 0.05) is 0 Å². The van der Waals surface area contributed by atoms with E-state index in [1.165, 1.54) is 9.54 Å². The van der Waals surface area contributed by atoms with Crippen molar-refractivity contribution in [3.05, 3.63) is 26.6 Å². The summed E-state index contributed by atoms with van der Waals surface area (Å²) in [5, 5.41) is 0. The summed E-state index contributed by atoms with van der Waals surface area (Å²) in [6.45, 7) is 6.44. The van der Waals surface area contributed by atoms with Crippen molar-refractivity contribution >= 4 is 0 Å². The predicted molar refractivity (Wildman–Crippen MR) is 57.8 cm³/mol. The Morgan fingerprint density at radius 3 is 2.43 bits per heavy atom. The van der Waals surface area contributed by atoms with E-state index in [-0.39, 0.29) is 0 Å². The van der Waals surface area contributed by atoms with Crippen LogP contribution < -0.4 is 0 Å². The molecule has 0 aliphatic heterocycles. The molecule has 1 aliphatic rings. The maximum absolute atomic E-state index is 11.1. The first-order chi connectivity index (χ1) is 6.74. The first-order valence-corrected chi connectivity index (χ1v) is 12.2. The summed E-state index contributed by atoms with van der Waals surface area (Å²) < 4.78 is 5.06. The molecule has 14 heavy (non-hydrogen) atoms. The Balaban J connectivity index is 3.06. The third-order valence-corrected chi connectivity index (χ3v) is 15.6. The minimum atomic E-state index is -2.75. The van der Waals surface area contributed by atoms with Crippen LogP contribution in [0.2, 0.25) is 9.62 Å². The zero-order chi connectivity index (χ0) is 10.6. The number of hydrogen-bond donors (Lipinski definition) is 0. The van der Waals surface area contributed by atoms with Crippen molar-refractivity contribution < 1.29 is 16.3 Å². The van der Waals surface area contributed by atoms with Gasteiger partial charge in [0.05, 0.1) is 0 Å². The average molecular weight is 365 g/mol. The van der Waals surface area contributed by atoms with Crippen LogP contribution in [0.5, 0.6) is 0 Å². The zero-order valence-electron chi connectivity index (χ0n) is 9.25. The van der Waals surface area contributed by atoms with Crippen molar-refractivity contribution in [1.29, 1.82) is 0 Å². The Morgan fingerprint density at radius 2 is 2.00 bits per heavy atom. The Hall–Kier alpha value is -0.232. The second-order valence-electron chi connectivity index (χ2n) is 3.40. The second-order valence-corrected chi connectivity index (χ2v) is 15.9. The van der Waals surface area contributed by atoms with Gasteiger partial charge in [-0.25, -0.2) is 0 Å². The standard InChI is InChI=1S/C7H9.2C2H5.NO.W/c1-2-7-5-3-4-6-7;3*1-2;/h3,5H,2,4H2,1H3;2*1H2,2H3;;/q;;;-1;+1. The van der Waals surface area contributed by atoms with Crippen LogP contribution in [0.3, 0.4) is 0 Å². The molecule has 0 saturated heterocycles. The summed E-state index contributed by atoms with van der Waals surface area (Å²) in [5.41, 5.74) is 1.41. The number of hydrogen-bond acceptors (Lipinski definition) is 2. The molecule has 0 fully saturated rings. The van der Waals surface area contributed by atoms with E-state index < -0.39 is 16.3 Å². The van der Waals surface area contributed by atoms with Crippen LogP contribution in [0.1, 0.15) is 33.6 Å². The van der Waals surface area contributed by atoms with Gasteiger partial charge in [-0.05, 0) is 0 Å². The van der Waals surface area contributed by atoms with Crippen LogP contribution in [-0.2, 0) is 16.3 Å². The van der Waals surface area contributed by atoms with Crippen LogP contribution in [0.15, 0.2) is 25.4 Å². The molecule has 0 aromatic carbocycles. The first kappa shape index (κ1) is 11.8. The van der Waals surface area contributed by atoms with Gasteiger partial charge in [0.25, 0.3) is 0 Å². The molecular formula is C11H19NOW. The zero-order valence-corrected chi connectivity index (χ0v) is 12.2. The van der Waals surface area contributed by atoms with Gasteiger partial charge in [-0.2, -0.15) is 0 Å². The fraction of sp³-hybridized carbons (Fsp3) is 0.636. The van der Waals surface area contributed by atoms with Gasteiger partial charge in [-0.15, -0.1) is 0 Å².